The topological polar surface area (TPSA) is 53.8 Å². The number of amides is 2. The molecule has 1 aromatic heterocycles. The van der Waals surface area contributed by atoms with Crippen LogP contribution in [0.25, 0.3) is 0 Å². The van der Waals surface area contributed by atoms with Crippen LogP contribution in [0.4, 0.5) is 10.1 Å². The first kappa shape index (κ1) is 16.5. The van der Waals surface area contributed by atoms with E-state index in [0.717, 1.165) is 19.3 Å². The molecule has 1 aliphatic carbocycles. The van der Waals surface area contributed by atoms with Crippen LogP contribution < -0.4 is 4.90 Å². The summed E-state index contributed by atoms with van der Waals surface area (Å²) in [5.41, 5.74) is 1.16. The molecular weight excluding hydrogens is 347 g/mol. The monoisotopic (exact) mass is 368 g/mol. The fourth-order valence-corrected chi connectivity index (χ4v) is 4.84. The summed E-state index contributed by atoms with van der Waals surface area (Å²) >= 11 is 0. The van der Waals surface area contributed by atoms with Crippen molar-refractivity contribution in [1.29, 1.82) is 0 Å². The Kier molecular flexibility index (Phi) is 3.64. The molecule has 0 bridgehead atoms. The van der Waals surface area contributed by atoms with E-state index < -0.39 is 0 Å². The van der Waals surface area contributed by atoms with Gasteiger partial charge >= 0.3 is 0 Å². The summed E-state index contributed by atoms with van der Waals surface area (Å²) in [6.45, 7) is 1.29. The lowest BCUT2D eigenvalue weighted by Crippen LogP contribution is -2.44. The number of fused-ring (bicyclic) bond motifs is 2. The van der Waals surface area contributed by atoms with E-state index in [-0.39, 0.29) is 35.4 Å². The largest absolute Gasteiger partial charge is 0.467 e. The van der Waals surface area contributed by atoms with Gasteiger partial charge in [-0.1, -0.05) is 12.5 Å². The summed E-state index contributed by atoms with van der Waals surface area (Å²) in [6.07, 6.45) is 4.67. The minimum atomic E-state index is -0.390. The minimum absolute atomic E-state index is 0.0400. The summed E-state index contributed by atoms with van der Waals surface area (Å²) in [5, 5.41) is 0. The SMILES string of the molecule is O=C1CC(C(=O)N2CC3(CCC3)c3c(F)cccc32)CN1Cc1ccco1. The average molecular weight is 368 g/mol. The number of carbonyl (C=O) groups excluding carboxylic acids is 2. The maximum absolute atomic E-state index is 14.5. The molecule has 1 saturated heterocycles. The van der Waals surface area contributed by atoms with Crippen molar-refractivity contribution < 1.29 is 18.4 Å². The Hall–Kier alpha value is -2.63. The minimum Gasteiger partial charge on any atom is -0.467 e. The van der Waals surface area contributed by atoms with Crippen molar-refractivity contribution in [3.63, 3.8) is 0 Å². The van der Waals surface area contributed by atoms with Gasteiger partial charge in [-0.3, -0.25) is 9.59 Å². The second-order valence-corrected chi connectivity index (χ2v) is 7.95. The summed E-state index contributed by atoms with van der Waals surface area (Å²) in [5.74, 6) is -0.00982. The van der Waals surface area contributed by atoms with Crippen LogP contribution in [0.3, 0.4) is 0 Å². The number of rotatable bonds is 3. The molecule has 2 fully saturated rings. The van der Waals surface area contributed by atoms with Crippen molar-refractivity contribution in [2.45, 2.75) is 37.6 Å². The molecule has 3 aliphatic rings. The molecule has 2 amide bonds. The molecule has 5 rings (SSSR count). The molecule has 27 heavy (non-hydrogen) atoms. The van der Waals surface area contributed by atoms with Gasteiger partial charge in [0.05, 0.1) is 24.4 Å². The van der Waals surface area contributed by atoms with Crippen molar-refractivity contribution in [1.82, 2.24) is 4.90 Å². The van der Waals surface area contributed by atoms with E-state index in [4.69, 9.17) is 4.42 Å². The maximum atomic E-state index is 14.5. The van der Waals surface area contributed by atoms with Crippen molar-refractivity contribution in [3.8, 4) is 0 Å². The number of furan rings is 1. The molecule has 5 nitrogen and oxygen atoms in total. The summed E-state index contributed by atoms with van der Waals surface area (Å²) in [4.78, 5) is 29.0. The van der Waals surface area contributed by atoms with Gasteiger partial charge in [-0.2, -0.15) is 0 Å². The Morgan fingerprint density at radius 3 is 2.81 bits per heavy atom. The number of hydrogen-bond donors (Lipinski definition) is 0. The van der Waals surface area contributed by atoms with Gasteiger partial charge in [-0.05, 0) is 37.1 Å². The highest BCUT2D eigenvalue weighted by atomic mass is 19.1. The number of benzene rings is 1. The fraction of sp³-hybridized carbons (Fsp3) is 0.429. The van der Waals surface area contributed by atoms with Gasteiger partial charge in [0.1, 0.15) is 11.6 Å². The highest BCUT2D eigenvalue weighted by Crippen LogP contribution is 2.53. The lowest BCUT2D eigenvalue weighted by Gasteiger charge is -2.39. The maximum Gasteiger partial charge on any atom is 0.232 e. The molecule has 140 valence electrons. The van der Waals surface area contributed by atoms with Crippen molar-refractivity contribution in [2.75, 3.05) is 18.0 Å². The van der Waals surface area contributed by atoms with Crippen molar-refractivity contribution >= 4 is 17.5 Å². The van der Waals surface area contributed by atoms with Crippen LogP contribution >= 0.6 is 0 Å². The normalized spacial score (nSPS) is 23.0. The lowest BCUT2D eigenvalue weighted by molar-refractivity contribution is -0.129. The lowest BCUT2D eigenvalue weighted by atomic mass is 9.65. The van der Waals surface area contributed by atoms with Crippen molar-refractivity contribution in [3.05, 3.63) is 53.7 Å². The van der Waals surface area contributed by atoms with Gasteiger partial charge in [0.2, 0.25) is 11.8 Å². The first-order valence-electron chi connectivity index (χ1n) is 9.48. The Balaban J connectivity index is 1.38. The van der Waals surface area contributed by atoms with E-state index in [9.17, 15) is 14.0 Å². The van der Waals surface area contributed by atoms with Crippen LogP contribution in [-0.4, -0.2) is 29.8 Å². The smallest absolute Gasteiger partial charge is 0.232 e. The third-order valence-electron chi connectivity index (χ3n) is 6.34. The fourth-order valence-electron chi connectivity index (χ4n) is 4.84. The number of carbonyl (C=O) groups is 2. The predicted molar refractivity (Wildman–Crippen MR) is 96.5 cm³/mol. The second-order valence-electron chi connectivity index (χ2n) is 7.95. The molecule has 3 heterocycles. The zero-order chi connectivity index (χ0) is 18.6. The first-order chi connectivity index (χ1) is 13.1. The van der Waals surface area contributed by atoms with E-state index >= 15 is 0 Å². The molecule has 1 unspecified atom stereocenters. The van der Waals surface area contributed by atoms with Crippen LogP contribution in [0.1, 0.15) is 37.0 Å². The number of anilines is 1. The molecule has 2 aromatic rings. The van der Waals surface area contributed by atoms with E-state index in [1.165, 1.54) is 6.07 Å². The van der Waals surface area contributed by atoms with Crippen LogP contribution in [0.5, 0.6) is 0 Å². The highest BCUT2D eigenvalue weighted by molar-refractivity contribution is 6.01. The van der Waals surface area contributed by atoms with Crippen LogP contribution in [0.15, 0.2) is 41.0 Å². The van der Waals surface area contributed by atoms with Gasteiger partial charge in [0.25, 0.3) is 0 Å². The number of nitrogens with zero attached hydrogens (tertiary/aromatic N) is 2. The van der Waals surface area contributed by atoms with Gasteiger partial charge in [-0.15, -0.1) is 0 Å². The van der Waals surface area contributed by atoms with Gasteiger partial charge < -0.3 is 14.2 Å². The molecule has 0 N–H and O–H groups in total. The third kappa shape index (κ3) is 2.50. The zero-order valence-electron chi connectivity index (χ0n) is 15.0. The van der Waals surface area contributed by atoms with Crippen molar-refractivity contribution in [2.24, 2.45) is 5.92 Å². The standard InChI is InChI=1S/C21H21FN2O3/c22-16-5-1-6-17-19(16)21(7-3-8-21)13-24(17)20(26)14-10-18(25)23(11-14)12-15-4-2-9-27-15/h1-2,4-6,9,14H,3,7-8,10-13H2. The predicted octanol–water partition coefficient (Wildman–Crippen LogP) is 3.24. The Bertz CT molecular complexity index is 904. The van der Waals surface area contributed by atoms with Gasteiger partial charge in [0.15, 0.2) is 0 Å². The molecule has 1 atom stereocenters. The summed E-state index contributed by atoms with van der Waals surface area (Å²) in [6, 6.07) is 8.58. The zero-order valence-corrected chi connectivity index (χ0v) is 15.0. The molecule has 1 spiro atoms. The Morgan fingerprint density at radius 1 is 1.26 bits per heavy atom. The summed E-state index contributed by atoms with van der Waals surface area (Å²) < 4.78 is 19.9. The molecule has 1 aromatic carbocycles. The molecule has 0 radical (unpaired) electrons. The van der Waals surface area contributed by atoms with Gasteiger partial charge in [0, 0.05) is 30.5 Å². The van der Waals surface area contributed by atoms with Crippen LogP contribution in [0, 0.1) is 11.7 Å². The quantitative estimate of drug-likeness (QED) is 0.836. The summed E-state index contributed by atoms with van der Waals surface area (Å²) in [7, 11) is 0. The number of hydrogen-bond acceptors (Lipinski definition) is 3. The Morgan fingerprint density at radius 2 is 2.11 bits per heavy atom. The first-order valence-corrected chi connectivity index (χ1v) is 9.48. The van der Waals surface area contributed by atoms with Crippen LogP contribution in [-0.2, 0) is 21.5 Å². The van der Waals surface area contributed by atoms with E-state index in [1.54, 1.807) is 28.2 Å². The number of likely N-dealkylation sites (tertiary alicyclic amines) is 1. The van der Waals surface area contributed by atoms with E-state index in [0.29, 0.717) is 36.6 Å². The average Bonchev–Trinajstić information content (AvgIpc) is 3.33. The number of halogens is 1. The van der Waals surface area contributed by atoms with Gasteiger partial charge in [-0.25, -0.2) is 4.39 Å². The van der Waals surface area contributed by atoms with E-state index in [1.807, 2.05) is 12.1 Å². The molecule has 2 aliphatic heterocycles. The molecular formula is C21H21FN2O3. The Labute approximate surface area is 156 Å². The second kappa shape index (κ2) is 5.94. The van der Waals surface area contributed by atoms with E-state index in [2.05, 4.69) is 0 Å². The third-order valence-corrected chi connectivity index (χ3v) is 6.34. The van der Waals surface area contributed by atoms with Crippen LogP contribution in [0.2, 0.25) is 0 Å². The molecule has 1 saturated carbocycles. The molecule has 6 heteroatoms. The highest BCUT2D eigenvalue weighted by Gasteiger charge is 2.51.